The fourth-order valence-electron chi connectivity index (χ4n) is 6.25. The minimum absolute atomic E-state index is 0.600. The summed E-state index contributed by atoms with van der Waals surface area (Å²) in [6.45, 7) is 4.07. The lowest BCUT2D eigenvalue weighted by molar-refractivity contribution is 0.383. The lowest BCUT2D eigenvalue weighted by Crippen LogP contribution is -2.23. The van der Waals surface area contributed by atoms with Crippen LogP contribution in [-0.2, 0) is 4.57 Å². The van der Waals surface area contributed by atoms with Gasteiger partial charge in [0.05, 0.1) is 50.9 Å². The Morgan fingerprint density at radius 2 is 0.886 bits per heavy atom. The van der Waals surface area contributed by atoms with Crippen LogP contribution in [0.2, 0.25) is 0 Å². The number of ether oxygens (including phenoxy) is 4. The van der Waals surface area contributed by atoms with Gasteiger partial charge >= 0.3 is 0 Å². The number of rotatable bonds is 11. The molecule has 5 nitrogen and oxygen atoms in total. The van der Waals surface area contributed by atoms with Crippen LogP contribution in [0.15, 0.2) is 115 Å². The highest BCUT2D eigenvalue weighted by Gasteiger charge is 2.49. The van der Waals surface area contributed by atoms with Crippen LogP contribution in [0.1, 0.15) is 44.7 Å². The van der Waals surface area contributed by atoms with E-state index in [0.717, 1.165) is 38.7 Å². The maximum absolute atomic E-state index is 17.2. The summed E-state index contributed by atoms with van der Waals surface area (Å²) in [6, 6.07) is 37.6. The Balaban J connectivity index is 2.05. The van der Waals surface area contributed by atoms with Crippen LogP contribution in [0.4, 0.5) is 0 Å². The summed E-state index contributed by atoms with van der Waals surface area (Å²) in [5, 5.41) is 0.779. The van der Waals surface area contributed by atoms with Crippen LogP contribution >= 0.6 is 7.14 Å². The van der Waals surface area contributed by atoms with E-state index in [0.29, 0.717) is 23.0 Å². The maximum Gasteiger partial charge on any atom is 0.139 e. The molecule has 2 unspecified atom stereocenters. The van der Waals surface area contributed by atoms with Crippen molar-refractivity contribution in [3.63, 3.8) is 0 Å². The number of hydrogen-bond donors (Lipinski definition) is 0. The fourth-order valence-corrected chi connectivity index (χ4v) is 10.6. The van der Waals surface area contributed by atoms with Crippen molar-refractivity contribution < 1.29 is 23.5 Å². The van der Waals surface area contributed by atoms with Crippen molar-refractivity contribution in [3.05, 3.63) is 149 Å². The molecule has 0 bridgehead atoms. The van der Waals surface area contributed by atoms with Gasteiger partial charge in [-0.2, -0.15) is 0 Å². The van der Waals surface area contributed by atoms with Gasteiger partial charge in [-0.15, -0.1) is 0 Å². The van der Waals surface area contributed by atoms with Crippen LogP contribution in [0, 0.1) is 13.8 Å². The number of methoxy groups -OCH3 is 4. The zero-order chi connectivity index (χ0) is 31.3. The van der Waals surface area contributed by atoms with E-state index in [4.69, 9.17) is 18.9 Å². The van der Waals surface area contributed by atoms with Gasteiger partial charge in [-0.3, -0.25) is 0 Å². The molecular formula is C38H39O5P. The zero-order valence-electron chi connectivity index (χ0n) is 26.1. The lowest BCUT2D eigenvalue weighted by Gasteiger charge is -2.38. The molecule has 0 amide bonds. The Labute approximate surface area is 260 Å². The molecule has 0 spiro atoms. The summed E-state index contributed by atoms with van der Waals surface area (Å²) >= 11 is 0. The highest BCUT2D eigenvalue weighted by molar-refractivity contribution is 7.72. The van der Waals surface area contributed by atoms with Crippen LogP contribution in [0.3, 0.4) is 0 Å². The molecule has 0 fully saturated rings. The summed E-state index contributed by atoms with van der Waals surface area (Å²) in [5.41, 5.74) is 3.83. The van der Waals surface area contributed by atoms with Crippen LogP contribution in [0.5, 0.6) is 23.0 Å². The van der Waals surface area contributed by atoms with E-state index in [1.807, 2.05) is 111 Å². The quantitative estimate of drug-likeness (QED) is 0.141. The van der Waals surface area contributed by atoms with Crippen molar-refractivity contribution in [3.8, 4) is 23.0 Å². The van der Waals surface area contributed by atoms with Gasteiger partial charge in [0.2, 0.25) is 0 Å². The highest BCUT2D eigenvalue weighted by atomic mass is 31.2. The molecule has 0 saturated heterocycles. The summed E-state index contributed by atoms with van der Waals surface area (Å²) < 4.78 is 41.3. The van der Waals surface area contributed by atoms with Gasteiger partial charge in [0.15, 0.2) is 0 Å². The minimum atomic E-state index is -3.72. The van der Waals surface area contributed by atoms with Gasteiger partial charge in [0, 0.05) is 5.30 Å². The summed E-state index contributed by atoms with van der Waals surface area (Å²) in [5.74, 6) is 2.40. The Hall–Kier alpha value is -4.47. The Morgan fingerprint density at radius 1 is 0.500 bits per heavy atom. The Morgan fingerprint density at radius 3 is 1.25 bits per heavy atom. The van der Waals surface area contributed by atoms with Crippen molar-refractivity contribution in [2.24, 2.45) is 0 Å². The molecule has 6 heteroatoms. The molecule has 5 aromatic rings. The Kier molecular flexibility index (Phi) is 9.46. The lowest BCUT2D eigenvalue weighted by atomic mass is 10.0. The second kappa shape index (κ2) is 13.4. The second-order valence-corrected chi connectivity index (χ2v) is 13.7. The topological polar surface area (TPSA) is 54.0 Å². The zero-order valence-corrected chi connectivity index (χ0v) is 27.0. The number of aryl methyl sites for hydroxylation is 2. The second-order valence-electron chi connectivity index (χ2n) is 10.8. The van der Waals surface area contributed by atoms with Gasteiger partial charge in [-0.25, -0.2) is 0 Å². The van der Waals surface area contributed by atoms with Gasteiger partial charge in [-0.05, 0) is 60.9 Å². The molecule has 0 heterocycles. The number of hydrogen-bond acceptors (Lipinski definition) is 5. The van der Waals surface area contributed by atoms with Crippen molar-refractivity contribution >= 4 is 12.4 Å². The monoisotopic (exact) mass is 606 g/mol. The van der Waals surface area contributed by atoms with E-state index < -0.39 is 18.5 Å². The number of benzene rings is 5. The largest absolute Gasteiger partial charge is 0.496 e. The van der Waals surface area contributed by atoms with Gasteiger partial charge in [-0.1, -0.05) is 90.5 Å². The molecule has 226 valence electrons. The molecule has 0 aliphatic rings. The standard InChI is InChI=1S/C38H39O5P/c1-26-23-24-27(2)34(25-26)44(39,37(28-15-9-7-10-16-28)35-30(40-3)19-13-20-31(35)41-4)38(29-17-11-8-12-18-29)36-32(42-5)21-14-22-33(36)43-6/h7-25,37-38H,1-6H3. The predicted molar refractivity (Wildman–Crippen MR) is 179 cm³/mol. The van der Waals surface area contributed by atoms with E-state index in [1.165, 1.54) is 0 Å². The van der Waals surface area contributed by atoms with Gasteiger partial charge < -0.3 is 23.5 Å². The highest BCUT2D eigenvalue weighted by Crippen LogP contribution is 2.75. The van der Waals surface area contributed by atoms with Gasteiger partial charge in [0.1, 0.15) is 30.1 Å². The molecule has 0 radical (unpaired) electrons. The Bertz CT molecular complexity index is 1620. The van der Waals surface area contributed by atoms with E-state index in [9.17, 15) is 0 Å². The molecule has 5 aromatic carbocycles. The first kappa shape index (κ1) is 31.0. The molecule has 5 rings (SSSR count). The van der Waals surface area contributed by atoms with Crippen molar-refractivity contribution in [2.45, 2.75) is 25.2 Å². The summed E-state index contributed by atoms with van der Waals surface area (Å²) in [7, 11) is 2.84. The molecule has 0 aliphatic carbocycles. The third kappa shape index (κ3) is 5.60. The first-order chi connectivity index (χ1) is 21.4. The molecule has 2 atom stereocenters. The molecule has 0 saturated carbocycles. The fraction of sp³-hybridized carbons (Fsp3) is 0.211. The van der Waals surface area contributed by atoms with Crippen LogP contribution < -0.4 is 24.3 Å². The van der Waals surface area contributed by atoms with Crippen LogP contribution in [-0.4, -0.2) is 28.4 Å². The third-order valence-electron chi connectivity index (χ3n) is 8.22. The first-order valence-electron chi connectivity index (χ1n) is 14.6. The van der Waals surface area contributed by atoms with E-state index >= 15 is 4.57 Å². The average molecular weight is 607 g/mol. The summed E-state index contributed by atoms with van der Waals surface area (Å²) in [6.07, 6.45) is 0. The van der Waals surface area contributed by atoms with Crippen molar-refractivity contribution in [1.29, 1.82) is 0 Å². The predicted octanol–water partition coefficient (Wildman–Crippen LogP) is 8.91. The molecular weight excluding hydrogens is 567 g/mol. The maximum atomic E-state index is 17.2. The molecule has 0 aromatic heterocycles. The molecule has 0 N–H and O–H groups in total. The summed E-state index contributed by atoms with van der Waals surface area (Å²) in [4.78, 5) is 0. The minimum Gasteiger partial charge on any atom is -0.496 e. The van der Waals surface area contributed by atoms with E-state index in [-0.39, 0.29) is 0 Å². The van der Waals surface area contributed by atoms with E-state index in [2.05, 4.69) is 18.2 Å². The SMILES string of the molecule is COc1cccc(OC)c1C(c1ccccc1)P(=O)(c1cc(C)ccc1C)C(c1ccccc1)c1c(OC)cccc1OC. The molecule has 44 heavy (non-hydrogen) atoms. The normalized spacial score (nSPS) is 13.8. The first-order valence-corrected chi connectivity index (χ1v) is 16.4. The van der Waals surface area contributed by atoms with Crippen LogP contribution in [0.25, 0.3) is 0 Å². The van der Waals surface area contributed by atoms with Crippen molar-refractivity contribution in [2.75, 3.05) is 28.4 Å². The third-order valence-corrected chi connectivity index (χ3v) is 12.1. The smallest absolute Gasteiger partial charge is 0.139 e. The van der Waals surface area contributed by atoms with Gasteiger partial charge in [0.25, 0.3) is 0 Å². The molecule has 0 aliphatic heterocycles. The average Bonchev–Trinajstić information content (AvgIpc) is 3.07. The van der Waals surface area contributed by atoms with E-state index in [1.54, 1.807) is 28.4 Å². The van der Waals surface area contributed by atoms with Crippen molar-refractivity contribution in [1.82, 2.24) is 0 Å².